The van der Waals surface area contributed by atoms with E-state index in [2.05, 4.69) is 26.3 Å². The fourth-order valence-corrected chi connectivity index (χ4v) is 0. The molecule has 14 heavy (non-hydrogen) atoms. The Labute approximate surface area is 101 Å². The maximum absolute atomic E-state index is 5.85. The Morgan fingerprint density at radius 3 is 0.571 bits per heavy atom. The summed E-state index contributed by atoms with van der Waals surface area (Å²) in [4.78, 5) is 0. The minimum Gasteiger partial charge on any atom is -0.259 e. The van der Waals surface area contributed by atoms with Gasteiger partial charge in [0.05, 0.1) is 0 Å². The van der Waals surface area contributed by atoms with Crippen LogP contribution in [-0.2, 0) is 17.1 Å². The fraction of sp³-hybridized carbons (Fsp3) is 0. The Balaban J connectivity index is -0.0000000145. The first-order valence-corrected chi connectivity index (χ1v) is 2.41. The van der Waals surface area contributed by atoms with E-state index in [9.17, 15) is 0 Å². The Hall–Kier alpha value is -1.39. The van der Waals surface area contributed by atoms with Gasteiger partial charge in [-0.2, -0.15) is 0 Å². The molecule has 0 saturated carbocycles. The van der Waals surface area contributed by atoms with E-state index in [1.807, 2.05) is 0 Å². The first kappa shape index (κ1) is 38.9. The third-order valence-corrected chi connectivity index (χ3v) is 0. The Morgan fingerprint density at radius 2 is 0.571 bits per heavy atom. The van der Waals surface area contributed by atoms with Crippen molar-refractivity contribution in [2.24, 2.45) is 0 Å². The molecule has 0 aliphatic heterocycles. The van der Waals surface area contributed by atoms with Gasteiger partial charge < -0.3 is 0 Å². The molecule has 4 N–H and O–H groups in total. The second-order valence-corrected chi connectivity index (χ2v) is 0.707. The van der Waals surface area contributed by atoms with E-state index in [1.54, 1.807) is 23.5 Å². The average Bonchev–Trinajstić information content (AvgIpc) is 1.92. The normalized spacial score (nSPS) is 2.29. The van der Waals surface area contributed by atoms with Crippen LogP contribution in [0.15, 0.2) is 26.3 Å². The van der Waals surface area contributed by atoms with E-state index in [0.29, 0.717) is 0 Å². The van der Waals surface area contributed by atoms with Gasteiger partial charge in [-0.15, -0.1) is 12.4 Å². The predicted molar refractivity (Wildman–Crippen MR) is 60.7 cm³/mol. The molecule has 0 unspecified atom stereocenters. The molecule has 0 aliphatic rings. The summed E-state index contributed by atoms with van der Waals surface area (Å²) in [6, 6.07) is 0. The summed E-state index contributed by atoms with van der Waals surface area (Å²) in [5, 5.41) is 23.4. The third kappa shape index (κ3) is 507. The zero-order valence-corrected chi connectivity index (χ0v) is 9.30. The number of nitrogens with one attached hydrogen (secondary N) is 4. The Bertz CT molecular complexity index is 153. The SMILES string of the molecule is C=C=N.C=C=N.C=C=N.C=C=N.Cl.[Cu]. The zero-order valence-electron chi connectivity index (χ0n) is 7.54. The molecule has 83 valence electrons. The molecule has 6 heteroatoms. The molecule has 0 heterocycles. The molecule has 0 fully saturated rings. The van der Waals surface area contributed by atoms with Crippen LogP contribution >= 0.6 is 12.4 Å². The molecular formula is C8H13ClCuN4. The van der Waals surface area contributed by atoms with Crippen molar-refractivity contribution in [2.45, 2.75) is 0 Å². The standard InChI is InChI=1S/4C2H3N.ClH.Cu/c4*1-2-3;;/h4*3H,1H2;1H;. The van der Waals surface area contributed by atoms with E-state index >= 15 is 0 Å². The largest absolute Gasteiger partial charge is 0.259 e. The monoisotopic (exact) mass is 263 g/mol. The molecule has 0 bridgehead atoms. The second-order valence-electron chi connectivity index (χ2n) is 0.707. The van der Waals surface area contributed by atoms with Crippen molar-refractivity contribution < 1.29 is 17.1 Å². The molecule has 0 rings (SSSR count). The summed E-state index contributed by atoms with van der Waals surface area (Å²) >= 11 is 0. The minimum atomic E-state index is 0. The van der Waals surface area contributed by atoms with Crippen LogP contribution in [0, 0.1) is 21.6 Å². The van der Waals surface area contributed by atoms with Crippen LogP contribution in [0.4, 0.5) is 0 Å². The van der Waals surface area contributed by atoms with Crippen molar-refractivity contribution in [3.05, 3.63) is 26.3 Å². The molecule has 0 aliphatic carbocycles. The van der Waals surface area contributed by atoms with Crippen LogP contribution in [0.1, 0.15) is 0 Å². The molecule has 4 nitrogen and oxygen atoms in total. The van der Waals surface area contributed by atoms with E-state index in [-0.39, 0.29) is 29.5 Å². The van der Waals surface area contributed by atoms with Crippen LogP contribution in [0.25, 0.3) is 0 Å². The van der Waals surface area contributed by atoms with E-state index in [1.165, 1.54) is 0 Å². The van der Waals surface area contributed by atoms with Gasteiger partial charge >= 0.3 is 0 Å². The molecule has 1 radical (unpaired) electrons. The van der Waals surface area contributed by atoms with Crippen molar-refractivity contribution in [2.75, 3.05) is 0 Å². The van der Waals surface area contributed by atoms with Crippen LogP contribution < -0.4 is 0 Å². The number of hydrogen-bond acceptors (Lipinski definition) is 4. The summed E-state index contributed by atoms with van der Waals surface area (Å²) in [5.74, 6) is 7.00. The van der Waals surface area contributed by atoms with Gasteiger partial charge in [-0.25, -0.2) is 0 Å². The molecule has 0 amide bonds. The van der Waals surface area contributed by atoms with Gasteiger partial charge in [0.1, 0.15) is 0 Å². The molecule has 0 aromatic rings. The third-order valence-electron chi connectivity index (χ3n) is 0. The van der Waals surface area contributed by atoms with Gasteiger partial charge in [-0.1, -0.05) is 0 Å². The molecule has 0 spiro atoms. The van der Waals surface area contributed by atoms with Gasteiger partial charge in [0.2, 0.25) is 0 Å². The van der Waals surface area contributed by atoms with Gasteiger partial charge in [0.15, 0.2) is 0 Å². The van der Waals surface area contributed by atoms with E-state index in [4.69, 9.17) is 21.6 Å². The molecule has 0 atom stereocenters. The fourth-order valence-electron chi connectivity index (χ4n) is 0. The Morgan fingerprint density at radius 1 is 0.571 bits per heavy atom. The van der Waals surface area contributed by atoms with Gasteiger partial charge in [0.25, 0.3) is 0 Å². The van der Waals surface area contributed by atoms with Crippen LogP contribution in [0.2, 0.25) is 0 Å². The summed E-state index contributed by atoms with van der Waals surface area (Å²) < 4.78 is 0. The van der Waals surface area contributed by atoms with Crippen molar-refractivity contribution in [3.8, 4) is 0 Å². The van der Waals surface area contributed by atoms with E-state index in [0.717, 1.165) is 0 Å². The van der Waals surface area contributed by atoms with Crippen LogP contribution in [0.5, 0.6) is 0 Å². The smallest absolute Gasteiger partial charge is 0 e. The van der Waals surface area contributed by atoms with Gasteiger partial charge in [-0.3, -0.25) is 21.6 Å². The maximum Gasteiger partial charge on any atom is 0 e. The van der Waals surface area contributed by atoms with Gasteiger partial charge in [0, 0.05) is 17.1 Å². The maximum atomic E-state index is 5.85. The van der Waals surface area contributed by atoms with Crippen molar-refractivity contribution in [3.63, 3.8) is 0 Å². The molecule has 0 aromatic carbocycles. The quantitative estimate of drug-likeness (QED) is 0.381. The van der Waals surface area contributed by atoms with Crippen molar-refractivity contribution >= 4 is 35.9 Å². The van der Waals surface area contributed by atoms with Crippen LogP contribution in [0.3, 0.4) is 0 Å². The molecule has 0 aromatic heterocycles. The first-order valence-electron chi connectivity index (χ1n) is 2.41. The molecular weight excluding hydrogens is 251 g/mol. The molecule has 0 saturated heterocycles. The van der Waals surface area contributed by atoms with Crippen molar-refractivity contribution in [1.82, 2.24) is 0 Å². The van der Waals surface area contributed by atoms with Crippen LogP contribution in [-0.4, -0.2) is 23.5 Å². The zero-order chi connectivity index (χ0) is 10.8. The number of hydrogen-bond donors (Lipinski definition) is 4. The van der Waals surface area contributed by atoms with E-state index < -0.39 is 0 Å². The number of halogens is 1. The second kappa shape index (κ2) is 192. The average molecular weight is 264 g/mol. The summed E-state index contributed by atoms with van der Waals surface area (Å²) in [6.45, 7) is 11.6. The first-order chi connectivity index (χ1) is 5.66. The summed E-state index contributed by atoms with van der Waals surface area (Å²) in [7, 11) is 0. The van der Waals surface area contributed by atoms with Crippen molar-refractivity contribution in [1.29, 1.82) is 21.6 Å². The van der Waals surface area contributed by atoms with Gasteiger partial charge in [-0.05, 0) is 49.8 Å². The summed E-state index contributed by atoms with van der Waals surface area (Å²) in [6.07, 6.45) is 0. The Kier molecular flexibility index (Phi) is 533. The topological polar surface area (TPSA) is 95.4 Å². The number of rotatable bonds is 0. The summed E-state index contributed by atoms with van der Waals surface area (Å²) in [5.41, 5.74) is 0. The minimum absolute atomic E-state index is 0. The predicted octanol–water partition coefficient (Wildman–Crippen LogP) is 2.10.